The molecule has 3 atom stereocenters. The summed E-state index contributed by atoms with van der Waals surface area (Å²) >= 11 is 0. The normalized spacial score (nSPS) is 23.4. The van der Waals surface area contributed by atoms with Crippen molar-refractivity contribution in [2.75, 3.05) is 19.7 Å². The molecule has 0 saturated carbocycles. The van der Waals surface area contributed by atoms with Gasteiger partial charge in [-0.1, -0.05) is 0 Å². The number of amidine groups is 1. The van der Waals surface area contributed by atoms with Gasteiger partial charge in [0.1, 0.15) is 30.5 Å². The Morgan fingerprint density at radius 1 is 1.50 bits per heavy atom. The van der Waals surface area contributed by atoms with Crippen molar-refractivity contribution in [2.24, 2.45) is 10.1 Å². The summed E-state index contributed by atoms with van der Waals surface area (Å²) in [6, 6.07) is 1.30. The Morgan fingerprint density at radius 3 is 3.20 bits per heavy atom. The number of fused-ring (bicyclic) bond motifs is 1. The van der Waals surface area contributed by atoms with Gasteiger partial charge >= 0.3 is 0 Å². The predicted octanol–water partition coefficient (Wildman–Crippen LogP) is 1.18. The number of aliphatic imine (C=N–C) groups is 1. The molecule has 4 heterocycles. The molecule has 0 radical (unpaired) electrons. The zero-order valence-electron chi connectivity index (χ0n) is 16.7. The molecule has 0 spiro atoms. The fraction of sp³-hybridized carbons (Fsp3) is 0.500. The molecular formula is C20H25FN6O3. The second kappa shape index (κ2) is 8.78. The predicted molar refractivity (Wildman–Crippen MR) is 108 cm³/mol. The minimum atomic E-state index is -0.896. The maximum absolute atomic E-state index is 14.1. The lowest BCUT2D eigenvalue weighted by molar-refractivity contribution is -0.119. The largest absolute Gasteiger partial charge is 0.475 e. The average Bonchev–Trinajstić information content (AvgIpc) is 3.39. The van der Waals surface area contributed by atoms with E-state index in [1.165, 1.54) is 13.0 Å². The van der Waals surface area contributed by atoms with Gasteiger partial charge in [-0.25, -0.2) is 19.4 Å². The topological polar surface area (TPSA) is 103 Å². The van der Waals surface area contributed by atoms with Crippen molar-refractivity contribution in [3.05, 3.63) is 35.9 Å². The first-order valence-corrected chi connectivity index (χ1v) is 10.1. The van der Waals surface area contributed by atoms with E-state index in [9.17, 15) is 14.3 Å². The van der Waals surface area contributed by atoms with Crippen LogP contribution < -0.4 is 10.1 Å². The zero-order valence-corrected chi connectivity index (χ0v) is 16.7. The lowest BCUT2D eigenvalue weighted by Gasteiger charge is -2.31. The van der Waals surface area contributed by atoms with Crippen molar-refractivity contribution in [1.82, 2.24) is 20.2 Å². The summed E-state index contributed by atoms with van der Waals surface area (Å²) in [6.45, 7) is 2.18. The van der Waals surface area contributed by atoms with Crippen LogP contribution in [0.1, 0.15) is 37.8 Å². The third-order valence-electron chi connectivity index (χ3n) is 5.24. The molecule has 0 aliphatic carbocycles. The van der Waals surface area contributed by atoms with Crippen LogP contribution in [0.2, 0.25) is 0 Å². The average molecular weight is 416 g/mol. The lowest BCUT2D eigenvalue weighted by Crippen LogP contribution is -2.36. The quantitative estimate of drug-likeness (QED) is 0.722. The number of amides is 1. The molecule has 3 aliphatic heterocycles. The highest BCUT2D eigenvalue weighted by Gasteiger charge is 2.33. The molecule has 9 nitrogen and oxygen atoms in total. The molecule has 2 N–H and O–H groups in total. The number of nitrogens with zero attached hydrogens (tertiary/aromatic N) is 5. The first kappa shape index (κ1) is 20.3. The van der Waals surface area contributed by atoms with E-state index in [4.69, 9.17) is 9.73 Å². The van der Waals surface area contributed by atoms with Crippen LogP contribution in [0.15, 0.2) is 34.6 Å². The number of rotatable bonds is 6. The van der Waals surface area contributed by atoms with Crippen LogP contribution in [-0.2, 0) is 4.79 Å². The van der Waals surface area contributed by atoms with Crippen LogP contribution in [0.4, 0.5) is 4.39 Å². The monoisotopic (exact) mass is 416 g/mol. The van der Waals surface area contributed by atoms with Crippen LogP contribution in [0, 0.1) is 5.82 Å². The number of aromatic nitrogens is 1. The van der Waals surface area contributed by atoms with Gasteiger partial charge in [-0.05, 0) is 25.0 Å². The third kappa shape index (κ3) is 4.43. The summed E-state index contributed by atoms with van der Waals surface area (Å²) in [7, 11) is 0. The molecule has 2 unspecified atom stereocenters. The summed E-state index contributed by atoms with van der Waals surface area (Å²) in [5.41, 5.74) is 0.625. The molecule has 10 heteroatoms. The van der Waals surface area contributed by atoms with E-state index in [2.05, 4.69) is 20.3 Å². The second-order valence-electron chi connectivity index (χ2n) is 7.50. The van der Waals surface area contributed by atoms with E-state index in [1.807, 2.05) is 23.5 Å². The van der Waals surface area contributed by atoms with Crippen LogP contribution in [0.3, 0.4) is 0 Å². The summed E-state index contributed by atoms with van der Waals surface area (Å²) in [5, 5.41) is 18.6. The van der Waals surface area contributed by atoms with E-state index in [-0.39, 0.29) is 37.1 Å². The van der Waals surface area contributed by atoms with Crippen LogP contribution in [0.25, 0.3) is 0 Å². The van der Waals surface area contributed by atoms with E-state index >= 15 is 0 Å². The molecular weight excluding hydrogens is 391 g/mol. The maximum atomic E-state index is 14.1. The molecule has 1 aromatic heterocycles. The number of pyridine rings is 1. The van der Waals surface area contributed by atoms with E-state index < -0.39 is 11.9 Å². The van der Waals surface area contributed by atoms with Gasteiger partial charge in [0, 0.05) is 44.4 Å². The molecule has 4 rings (SSSR count). The number of hydrazone groups is 1. The van der Waals surface area contributed by atoms with Crippen molar-refractivity contribution < 1.29 is 19.0 Å². The van der Waals surface area contributed by atoms with Gasteiger partial charge < -0.3 is 20.1 Å². The highest BCUT2D eigenvalue weighted by atomic mass is 19.1. The van der Waals surface area contributed by atoms with Crippen LogP contribution in [-0.4, -0.2) is 69.9 Å². The zero-order chi connectivity index (χ0) is 21.1. The summed E-state index contributed by atoms with van der Waals surface area (Å²) in [5.74, 6) is 0.440. The van der Waals surface area contributed by atoms with Gasteiger partial charge in [-0.3, -0.25) is 4.79 Å². The second-order valence-corrected chi connectivity index (χ2v) is 7.50. The number of hydrogen-bond donors (Lipinski definition) is 2. The summed E-state index contributed by atoms with van der Waals surface area (Å²) in [4.78, 5) is 22.0. The number of halogens is 1. The Morgan fingerprint density at radius 2 is 2.37 bits per heavy atom. The van der Waals surface area contributed by atoms with Gasteiger partial charge in [-0.2, -0.15) is 5.10 Å². The highest BCUT2D eigenvalue weighted by molar-refractivity contribution is 5.94. The first-order valence-electron chi connectivity index (χ1n) is 10.1. The molecule has 0 aromatic carbocycles. The smallest absolute Gasteiger partial charge is 0.218 e. The molecule has 1 saturated heterocycles. The third-order valence-corrected chi connectivity index (χ3v) is 5.24. The van der Waals surface area contributed by atoms with Crippen molar-refractivity contribution in [2.45, 2.75) is 44.5 Å². The Kier molecular flexibility index (Phi) is 5.93. The summed E-state index contributed by atoms with van der Waals surface area (Å²) in [6.07, 6.45) is 8.35. The molecule has 3 aliphatic rings. The SMILES string of the molecule is CC(=O)NCC(O)COc1ncc(F)cc1[C@H]1CCCN1C1=NC2CC=NN2C=C1. The van der Waals surface area contributed by atoms with Gasteiger partial charge in [0.25, 0.3) is 0 Å². The van der Waals surface area contributed by atoms with Crippen LogP contribution in [0.5, 0.6) is 5.88 Å². The number of carbonyl (C=O) groups is 1. The lowest BCUT2D eigenvalue weighted by atomic mass is 10.1. The maximum Gasteiger partial charge on any atom is 0.218 e. The first-order chi connectivity index (χ1) is 14.5. The highest BCUT2D eigenvalue weighted by Crippen LogP contribution is 2.37. The van der Waals surface area contributed by atoms with Gasteiger partial charge in [0.15, 0.2) is 0 Å². The van der Waals surface area contributed by atoms with Crippen molar-refractivity contribution in [1.29, 1.82) is 0 Å². The fourth-order valence-electron chi connectivity index (χ4n) is 3.84. The number of aliphatic hydroxyl groups is 1. The molecule has 1 aromatic rings. The molecule has 1 amide bonds. The van der Waals surface area contributed by atoms with Crippen molar-refractivity contribution in [3.63, 3.8) is 0 Å². The van der Waals surface area contributed by atoms with E-state index in [0.717, 1.165) is 37.8 Å². The van der Waals surface area contributed by atoms with Crippen molar-refractivity contribution in [3.8, 4) is 5.88 Å². The minimum Gasteiger partial charge on any atom is -0.475 e. The Balaban J connectivity index is 1.50. The molecule has 1 fully saturated rings. The molecule has 160 valence electrons. The number of aliphatic hydroxyl groups excluding tert-OH is 1. The number of hydrogen-bond acceptors (Lipinski definition) is 8. The Bertz CT molecular complexity index is 889. The standard InChI is InChI=1S/C20H25FN6O3/c1-13(28)22-11-15(29)12-30-20-16(9-14(21)10-23-20)17-3-2-7-26(17)18-5-8-27-19(25-18)4-6-24-27/h5-6,8-10,15,17,19,29H,2-4,7,11-12H2,1H3,(H,22,28)/t15?,17-,19?/m1/s1. The number of ether oxygens (including phenoxy) is 1. The fourth-order valence-corrected chi connectivity index (χ4v) is 3.84. The van der Waals surface area contributed by atoms with Gasteiger partial charge in [0.05, 0.1) is 12.2 Å². The van der Waals surface area contributed by atoms with Crippen LogP contribution >= 0.6 is 0 Å². The number of likely N-dealkylation sites (tertiary alicyclic amines) is 1. The number of nitrogens with one attached hydrogen (secondary N) is 1. The van der Waals surface area contributed by atoms with Gasteiger partial charge in [0.2, 0.25) is 11.8 Å². The number of carbonyl (C=O) groups excluding carboxylic acids is 1. The molecule has 0 bridgehead atoms. The Labute approximate surface area is 173 Å². The van der Waals surface area contributed by atoms with Crippen molar-refractivity contribution >= 4 is 18.0 Å². The van der Waals surface area contributed by atoms with E-state index in [0.29, 0.717) is 5.56 Å². The minimum absolute atomic E-state index is 0.0310. The van der Waals surface area contributed by atoms with E-state index in [1.54, 1.807) is 0 Å². The summed E-state index contributed by atoms with van der Waals surface area (Å²) < 4.78 is 19.8. The van der Waals surface area contributed by atoms with Gasteiger partial charge in [-0.15, -0.1) is 0 Å². The molecule has 30 heavy (non-hydrogen) atoms. The Hall–Kier alpha value is -3.01.